The highest BCUT2D eigenvalue weighted by atomic mass is 32.2. The van der Waals surface area contributed by atoms with E-state index in [1.165, 1.54) is 49.3 Å². The molecule has 0 fully saturated rings. The minimum Gasteiger partial charge on any atom is -0.354 e. The molecule has 1 N–H and O–H groups in total. The molecule has 0 bridgehead atoms. The van der Waals surface area contributed by atoms with E-state index in [9.17, 15) is 26.8 Å². The van der Waals surface area contributed by atoms with Gasteiger partial charge in [-0.3, -0.25) is 9.59 Å². The first-order valence-corrected chi connectivity index (χ1v) is 14.2. The number of hydrogen-bond acceptors (Lipinski definition) is 4. The molecule has 11 heteroatoms. The average molecular weight is 573 g/mol. The zero-order valence-corrected chi connectivity index (χ0v) is 23.6. The Balaban J connectivity index is 2.08. The Morgan fingerprint density at radius 2 is 1.52 bits per heavy atom. The first-order valence-electron chi connectivity index (χ1n) is 12.8. The standard InChI is InChI=1S/C29H34F2N4O4S/c1-4-18-32-29(37)27(19-22-10-6-5-7-11-22)34(20-23-12-8-9-13-26(23)31)28(36)21-35(40(38,39)33(2)3)25-16-14-24(30)15-17-25/h5-17,27H,4,18-21H2,1-3H3,(H,32,37)/t27-/m0/s1. The van der Waals surface area contributed by atoms with Crippen molar-refractivity contribution in [2.24, 2.45) is 0 Å². The van der Waals surface area contributed by atoms with E-state index < -0.39 is 46.2 Å². The minimum absolute atomic E-state index is 0.0596. The molecule has 0 radical (unpaired) electrons. The summed E-state index contributed by atoms with van der Waals surface area (Å²) in [7, 11) is -1.59. The predicted molar refractivity (Wildman–Crippen MR) is 151 cm³/mol. The quantitative estimate of drug-likeness (QED) is 0.338. The van der Waals surface area contributed by atoms with Gasteiger partial charge in [0.2, 0.25) is 11.8 Å². The molecule has 0 spiro atoms. The van der Waals surface area contributed by atoms with Crippen LogP contribution in [-0.4, -0.2) is 62.7 Å². The molecule has 3 rings (SSSR count). The number of anilines is 1. The number of carbonyl (C=O) groups is 2. The predicted octanol–water partition coefficient (Wildman–Crippen LogP) is 3.74. The van der Waals surface area contributed by atoms with Crippen molar-refractivity contribution in [1.82, 2.24) is 14.5 Å². The second-order valence-corrected chi connectivity index (χ2v) is 11.4. The van der Waals surface area contributed by atoms with E-state index in [1.54, 1.807) is 18.2 Å². The smallest absolute Gasteiger partial charge is 0.304 e. The molecule has 0 aliphatic carbocycles. The van der Waals surface area contributed by atoms with Gasteiger partial charge in [-0.15, -0.1) is 0 Å². The molecule has 0 saturated heterocycles. The van der Waals surface area contributed by atoms with Gasteiger partial charge in [0.15, 0.2) is 0 Å². The van der Waals surface area contributed by atoms with Gasteiger partial charge in [0.25, 0.3) is 0 Å². The Kier molecular flexibility index (Phi) is 10.7. The van der Waals surface area contributed by atoms with Crippen LogP contribution < -0.4 is 9.62 Å². The Hall–Kier alpha value is -3.83. The molecular formula is C29H34F2N4O4S. The van der Waals surface area contributed by atoms with E-state index >= 15 is 0 Å². The molecule has 3 aromatic carbocycles. The van der Waals surface area contributed by atoms with Gasteiger partial charge in [0.05, 0.1) is 5.69 Å². The number of benzene rings is 3. The lowest BCUT2D eigenvalue weighted by atomic mass is 10.0. The lowest BCUT2D eigenvalue weighted by molar-refractivity contribution is -0.140. The fraction of sp³-hybridized carbons (Fsp3) is 0.310. The summed E-state index contributed by atoms with van der Waals surface area (Å²) in [6.07, 6.45) is 0.776. The topological polar surface area (TPSA) is 90.0 Å². The van der Waals surface area contributed by atoms with Crippen LogP contribution in [0.3, 0.4) is 0 Å². The van der Waals surface area contributed by atoms with Crippen LogP contribution in [0.25, 0.3) is 0 Å². The van der Waals surface area contributed by atoms with E-state index in [4.69, 9.17) is 0 Å². The molecule has 0 aliphatic rings. The van der Waals surface area contributed by atoms with Gasteiger partial charge >= 0.3 is 10.2 Å². The molecule has 0 aliphatic heterocycles. The lowest BCUT2D eigenvalue weighted by Gasteiger charge is -2.34. The SMILES string of the molecule is CCCNC(=O)[C@H](Cc1ccccc1)N(Cc1ccccc1F)C(=O)CN(c1ccc(F)cc1)S(=O)(=O)N(C)C. The van der Waals surface area contributed by atoms with Crippen molar-refractivity contribution in [3.8, 4) is 0 Å². The fourth-order valence-corrected chi connectivity index (χ4v) is 5.11. The molecule has 3 aromatic rings. The van der Waals surface area contributed by atoms with Crippen molar-refractivity contribution in [3.05, 3.63) is 102 Å². The molecule has 0 unspecified atom stereocenters. The normalized spacial score (nSPS) is 12.2. The van der Waals surface area contributed by atoms with Crippen molar-refractivity contribution >= 4 is 27.7 Å². The highest BCUT2D eigenvalue weighted by Crippen LogP contribution is 2.22. The Labute approximate surface area is 234 Å². The molecule has 40 heavy (non-hydrogen) atoms. The first kappa shape index (κ1) is 30.7. The van der Waals surface area contributed by atoms with E-state index in [1.807, 2.05) is 25.1 Å². The summed E-state index contributed by atoms with van der Waals surface area (Å²) in [4.78, 5) is 28.7. The fourth-order valence-electron chi connectivity index (χ4n) is 4.05. The van der Waals surface area contributed by atoms with Gasteiger partial charge < -0.3 is 10.2 Å². The van der Waals surface area contributed by atoms with E-state index in [0.717, 1.165) is 26.3 Å². The second-order valence-electron chi connectivity index (χ2n) is 9.38. The van der Waals surface area contributed by atoms with E-state index in [2.05, 4.69) is 5.32 Å². The van der Waals surface area contributed by atoms with Gasteiger partial charge in [-0.25, -0.2) is 13.1 Å². The molecule has 2 amide bonds. The summed E-state index contributed by atoms with van der Waals surface area (Å²) < 4.78 is 56.7. The van der Waals surface area contributed by atoms with Crippen LogP contribution in [0.15, 0.2) is 78.9 Å². The molecule has 0 aromatic heterocycles. The number of nitrogens with one attached hydrogen (secondary N) is 1. The maximum absolute atomic E-state index is 14.8. The van der Waals surface area contributed by atoms with Crippen LogP contribution in [0.5, 0.6) is 0 Å². The Morgan fingerprint density at radius 1 is 0.900 bits per heavy atom. The third-order valence-electron chi connectivity index (χ3n) is 6.25. The van der Waals surface area contributed by atoms with E-state index in [0.29, 0.717) is 13.0 Å². The third kappa shape index (κ3) is 7.86. The number of amides is 2. The van der Waals surface area contributed by atoms with Crippen LogP contribution >= 0.6 is 0 Å². The van der Waals surface area contributed by atoms with Gasteiger partial charge in [0, 0.05) is 39.2 Å². The summed E-state index contributed by atoms with van der Waals surface area (Å²) in [6, 6.07) is 18.6. The first-order chi connectivity index (χ1) is 19.0. The van der Waals surface area contributed by atoms with Crippen LogP contribution in [0.4, 0.5) is 14.5 Å². The monoisotopic (exact) mass is 572 g/mol. The lowest BCUT2D eigenvalue weighted by Crippen LogP contribution is -2.54. The van der Waals surface area contributed by atoms with Gasteiger partial charge in [-0.1, -0.05) is 55.5 Å². The number of halogens is 2. The summed E-state index contributed by atoms with van der Waals surface area (Å²) in [5, 5.41) is 2.82. The summed E-state index contributed by atoms with van der Waals surface area (Å²) >= 11 is 0. The Bertz CT molecular complexity index is 1390. The largest absolute Gasteiger partial charge is 0.354 e. The zero-order chi connectivity index (χ0) is 29.3. The molecule has 8 nitrogen and oxygen atoms in total. The summed E-state index contributed by atoms with van der Waals surface area (Å²) in [6.45, 7) is 1.28. The highest BCUT2D eigenvalue weighted by Gasteiger charge is 2.35. The maximum atomic E-state index is 14.8. The zero-order valence-electron chi connectivity index (χ0n) is 22.8. The maximum Gasteiger partial charge on any atom is 0.304 e. The number of carbonyl (C=O) groups excluding carboxylic acids is 2. The van der Waals surface area contributed by atoms with E-state index in [-0.39, 0.29) is 24.2 Å². The van der Waals surface area contributed by atoms with Crippen LogP contribution in [0.2, 0.25) is 0 Å². The number of rotatable bonds is 13. The van der Waals surface area contributed by atoms with Gasteiger partial charge in [-0.2, -0.15) is 12.7 Å². The summed E-state index contributed by atoms with van der Waals surface area (Å²) in [5.41, 5.74) is 0.993. The van der Waals surface area contributed by atoms with Crippen LogP contribution in [0.1, 0.15) is 24.5 Å². The molecular weight excluding hydrogens is 538 g/mol. The molecule has 0 heterocycles. The number of nitrogens with zero attached hydrogens (tertiary/aromatic N) is 3. The van der Waals surface area contributed by atoms with Crippen molar-refractivity contribution in [2.75, 3.05) is 31.5 Å². The molecule has 1 atom stereocenters. The van der Waals surface area contributed by atoms with Crippen molar-refractivity contribution in [1.29, 1.82) is 0 Å². The van der Waals surface area contributed by atoms with Crippen molar-refractivity contribution in [2.45, 2.75) is 32.4 Å². The minimum atomic E-state index is -4.21. The van der Waals surface area contributed by atoms with Crippen molar-refractivity contribution in [3.63, 3.8) is 0 Å². The van der Waals surface area contributed by atoms with Crippen molar-refractivity contribution < 1.29 is 26.8 Å². The number of hydrogen-bond donors (Lipinski definition) is 1. The average Bonchev–Trinajstić information content (AvgIpc) is 2.94. The third-order valence-corrected chi connectivity index (χ3v) is 8.07. The second kappa shape index (κ2) is 14.0. The van der Waals surface area contributed by atoms with Crippen LogP contribution in [-0.2, 0) is 32.8 Å². The van der Waals surface area contributed by atoms with Gasteiger partial charge in [0.1, 0.15) is 24.2 Å². The van der Waals surface area contributed by atoms with Gasteiger partial charge in [-0.05, 0) is 42.3 Å². The van der Waals surface area contributed by atoms with Crippen LogP contribution in [0, 0.1) is 11.6 Å². The summed E-state index contributed by atoms with van der Waals surface area (Å²) in [5.74, 6) is -2.32. The molecule has 214 valence electrons. The molecule has 0 saturated carbocycles. The highest BCUT2D eigenvalue weighted by molar-refractivity contribution is 7.90. The Morgan fingerprint density at radius 3 is 2.12 bits per heavy atom.